The molecule has 1 amide bonds. The number of carbonyl (C=O) groups excluding carboxylic acids is 1. The van der Waals surface area contributed by atoms with E-state index in [1.807, 2.05) is 32.0 Å². The number of anilines is 1. The van der Waals surface area contributed by atoms with E-state index < -0.39 is 5.41 Å². The monoisotopic (exact) mass is 272 g/mol. The molecule has 0 saturated heterocycles. The van der Waals surface area contributed by atoms with Crippen molar-refractivity contribution in [2.24, 2.45) is 11.1 Å². The number of benzene rings is 1. The molecule has 2 aromatic rings. The van der Waals surface area contributed by atoms with Crippen molar-refractivity contribution in [1.29, 1.82) is 0 Å². The van der Waals surface area contributed by atoms with Gasteiger partial charge in [0, 0.05) is 11.7 Å². The zero-order valence-electron chi connectivity index (χ0n) is 11.9. The Balaban J connectivity index is 1.83. The summed E-state index contributed by atoms with van der Waals surface area (Å²) < 4.78 is 0. The number of imidazole rings is 1. The highest BCUT2D eigenvalue weighted by Crippen LogP contribution is 2.37. The summed E-state index contributed by atoms with van der Waals surface area (Å²) in [6.45, 7) is 3.87. The molecule has 2 unspecified atom stereocenters. The van der Waals surface area contributed by atoms with Crippen LogP contribution in [0.3, 0.4) is 0 Å². The van der Waals surface area contributed by atoms with Crippen molar-refractivity contribution in [2.45, 2.75) is 39.2 Å². The molecular weight excluding hydrogens is 252 g/mol. The highest BCUT2D eigenvalue weighted by atomic mass is 16.2. The summed E-state index contributed by atoms with van der Waals surface area (Å²) in [7, 11) is 0. The lowest BCUT2D eigenvalue weighted by atomic mass is 9.84. The Kier molecular flexibility index (Phi) is 3.01. The minimum atomic E-state index is -0.459. The summed E-state index contributed by atoms with van der Waals surface area (Å²) in [5.74, 6) is 0.881. The molecule has 1 aliphatic carbocycles. The molecule has 1 aliphatic rings. The number of hydrogen-bond acceptors (Lipinski definition) is 3. The fraction of sp³-hybridized carbons (Fsp3) is 0.467. The quantitative estimate of drug-likeness (QED) is 0.784. The number of nitrogens with one attached hydrogen (secondary N) is 2. The van der Waals surface area contributed by atoms with Crippen molar-refractivity contribution < 1.29 is 4.79 Å². The average molecular weight is 272 g/mol. The lowest BCUT2D eigenvalue weighted by Gasteiger charge is -2.27. The standard InChI is InChI=1S/C15H20N4O/c1-9-17-11-6-5-10(8-12(11)18-9)19-14(20)15(2)7-3-4-13(15)16/h5-6,8,13H,3-4,7,16H2,1-2H3,(H,17,18)(H,19,20). The fourth-order valence-electron chi connectivity index (χ4n) is 2.96. The third kappa shape index (κ3) is 2.08. The molecule has 1 aromatic heterocycles. The maximum absolute atomic E-state index is 12.5. The van der Waals surface area contributed by atoms with Crippen LogP contribution >= 0.6 is 0 Å². The molecule has 1 saturated carbocycles. The molecule has 20 heavy (non-hydrogen) atoms. The zero-order valence-corrected chi connectivity index (χ0v) is 11.9. The summed E-state index contributed by atoms with van der Waals surface area (Å²) >= 11 is 0. The first-order valence-corrected chi connectivity index (χ1v) is 7.02. The Labute approximate surface area is 118 Å². The highest BCUT2D eigenvalue weighted by molar-refractivity contribution is 5.97. The predicted molar refractivity (Wildman–Crippen MR) is 79.4 cm³/mol. The van der Waals surface area contributed by atoms with Crippen LogP contribution in [0.2, 0.25) is 0 Å². The third-order valence-electron chi connectivity index (χ3n) is 4.41. The Bertz CT molecular complexity index is 663. The maximum Gasteiger partial charge on any atom is 0.231 e. The van der Waals surface area contributed by atoms with Gasteiger partial charge in [0.2, 0.25) is 5.91 Å². The second-order valence-corrected chi connectivity index (χ2v) is 5.92. The van der Waals surface area contributed by atoms with Crippen LogP contribution in [0.4, 0.5) is 5.69 Å². The summed E-state index contributed by atoms with van der Waals surface area (Å²) in [6, 6.07) is 5.65. The van der Waals surface area contributed by atoms with Crippen molar-refractivity contribution >= 4 is 22.6 Å². The van der Waals surface area contributed by atoms with Gasteiger partial charge in [0.05, 0.1) is 16.4 Å². The van der Waals surface area contributed by atoms with Crippen molar-refractivity contribution in [2.75, 3.05) is 5.32 Å². The molecule has 5 nitrogen and oxygen atoms in total. The van der Waals surface area contributed by atoms with Crippen LogP contribution in [0.15, 0.2) is 18.2 Å². The lowest BCUT2D eigenvalue weighted by molar-refractivity contribution is -0.125. The molecule has 1 fully saturated rings. The molecule has 0 radical (unpaired) electrons. The summed E-state index contributed by atoms with van der Waals surface area (Å²) in [4.78, 5) is 20.0. The van der Waals surface area contributed by atoms with Gasteiger partial charge >= 0.3 is 0 Å². The largest absolute Gasteiger partial charge is 0.342 e. The number of aromatic nitrogens is 2. The van der Waals surface area contributed by atoms with Crippen LogP contribution in [0.5, 0.6) is 0 Å². The SMILES string of the molecule is Cc1nc2ccc(NC(=O)C3(C)CCCC3N)cc2[nH]1. The van der Waals surface area contributed by atoms with Gasteiger partial charge in [-0.15, -0.1) is 0 Å². The molecule has 0 bridgehead atoms. The summed E-state index contributed by atoms with van der Waals surface area (Å²) in [6.07, 6.45) is 2.79. The predicted octanol–water partition coefficient (Wildman–Crippen LogP) is 2.33. The number of rotatable bonds is 2. The van der Waals surface area contributed by atoms with Crippen molar-refractivity contribution in [3.05, 3.63) is 24.0 Å². The molecule has 1 heterocycles. The number of H-pyrrole nitrogens is 1. The van der Waals surface area contributed by atoms with E-state index in [0.29, 0.717) is 0 Å². The van der Waals surface area contributed by atoms with E-state index in [1.165, 1.54) is 0 Å². The number of hydrogen-bond donors (Lipinski definition) is 3. The first-order chi connectivity index (χ1) is 9.49. The van der Waals surface area contributed by atoms with Gasteiger partial charge in [-0.05, 0) is 44.9 Å². The number of nitrogens with two attached hydrogens (primary N) is 1. The van der Waals surface area contributed by atoms with E-state index in [4.69, 9.17) is 5.73 Å². The van der Waals surface area contributed by atoms with Crippen LogP contribution < -0.4 is 11.1 Å². The second-order valence-electron chi connectivity index (χ2n) is 5.92. The Morgan fingerprint density at radius 3 is 3.05 bits per heavy atom. The molecule has 0 spiro atoms. The number of aromatic amines is 1. The molecule has 4 N–H and O–H groups in total. The molecule has 106 valence electrons. The van der Waals surface area contributed by atoms with Crippen LogP contribution in [-0.4, -0.2) is 21.9 Å². The lowest BCUT2D eigenvalue weighted by Crippen LogP contribution is -2.44. The minimum absolute atomic E-state index is 0.0121. The average Bonchev–Trinajstić information content (AvgIpc) is 2.92. The smallest absolute Gasteiger partial charge is 0.231 e. The maximum atomic E-state index is 12.5. The highest BCUT2D eigenvalue weighted by Gasteiger charge is 2.42. The normalized spacial score (nSPS) is 26.1. The first-order valence-electron chi connectivity index (χ1n) is 7.02. The minimum Gasteiger partial charge on any atom is -0.342 e. The van der Waals surface area contributed by atoms with E-state index >= 15 is 0 Å². The van der Waals surface area contributed by atoms with Crippen LogP contribution in [-0.2, 0) is 4.79 Å². The Morgan fingerprint density at radius 2 is 2.35 bits per heavy atom. The van der Waals surface area contributed by atoms with Gasteiger partial charge in [-0.25, -0.2) is 4.98 Å². The second kappa shape index (κ2) is 4.59. The van der Waals surface area contributed by atoms with E-state index in [2.05, 4.69) is 15.3 Å². The van der Waals surface area contributed by atoms with E-state index in [0.717, 1.165) is 41.8 Å². The van der Waals surface area contributed by atoms with Crippen molar-refractivity contribution in [1.82, 2.24) is 9.97 Å². The molecule has 2 atom stereocenters. The third-order valence-corrected chi connectivity index (χ3v) is 4.41. The molecule has 1 aromatic carbocycles. The molecular formula is C15H20N4O. The zero-order chi connectivity index (χ0) is 14.3. The topological polar surface area (TPSA) is 83.8 Å². The van der Waals surface area contributed by atoms with Gasteiger partial charge in [0.15, 0.2) is 0 Å². The number of carbonyl (C=O) groups is 1. The van der Waals surface area contributed by atoms with E-state index in [9.17, 15) is 4.79 Å². The summed E-state index contributed by atoms with van der Waals surface area (Å²) in [5.41, 5.74) is 8.25. The number of amides is 1. The van der Waals surface area contributed by atoms with Crippen molar-refractivity contribution in [3.8, 4) is 0 Å². The number of fused-ring (bicyclic) bond motifs is 1. The number of aryl methyl sites for hydroxylation is 1. The van der Waals surface area contributed by atoms with E-state index in [1.54, 1.807) is 0 Å². The van der Waals surface area contributed by atoms with Crippen LogP contribution in [0.1, 0.15) is 32.0 Å². The van der Waals surface area contributed by atoms with Crippen LogP contribution in [0, 0.1) is 12.3 Å². The molecule has 3 rings (SSSR count). The van der Waals surface area contributed by atoms with E-state index in [-0.39, 0.29) is 11.9 Å². The first kappa shape index (κ1) is 13.1. The fourth-order valence-corrected chi connectivity index (χ4v) is 2.96. The van der Waals surface area contributed by atoms with Gasteiger partial charge in [-0.3, -0.25) is 4.79 Å². The molecule has 5 heteroatoms. The van der Waals surface area contributed by atoms with Gasteiger partial charge in [-0.1, -0.05) is 6.42 Å². The van der Waals surface area contributed by atoms with Gasteiger partial charge in [0.25, 0.3) is 0 Å². The van der Waals surface area contributed by atoms with Gasteiger partial charge in [0.1, 0.15) is 5.82 Å². The Morgan fingerprint density at radius 1 is 1.55 bits per heavy atom. The van der Waals surface area contributed by atoms with Crippen molar-refractivity contribution in [3.63, 3.8) is 0 Å². The van der Waals surface area contributed by atoms with Gasteiger partial charge < -0.3 is 16.0 Å². The summed E-state index contributed by atoms with van der Waals surface area (Å²) in [5, 5.41) is 2.99. The van der Waals surface area contributed by atoms with Gasteiger partial charge in [-0.2, -0.15) is 0 Å². The Hall–Kier alpha value is -1.88. The number of nitrogens with zero attached hydrogens (tertiary/aromatic N) is 1. The van der Waals surface area contributed by atoms with Crippen LogP contribution in [0.25, 0.3) is 11.0 Å². The molecule has 0 aliphatic heterocycles.